The minimum atomic E-state index is -0.550. The Hall–Kier alpha value is -3.05. The summed E-state index contributed by atoms with van der Waals surface area (Å²) in [6, 6.07) is 2.94. The van der Waals surface area contributed by atoms with E-state index in [-0.39, 0.29) is 34.9 Å². The maximum Gasteiger partial charge on any atom is 0.274 e. The van der Waals surface area contributed by atoms with Gasteiger partial charge in [-0.3, -0.25) is 20.0 Å². The van der Waals surface area contributed by atoms with Crippen molar-refractivity contribution in [1.29, 1.82) is 0 Å². The maximum absolute atomic E-state index is 14.1. The molecule has 2 amide bonds. The fraction of sp³-hybridized carbons (Fsp3) is 0.474. The topological polar surface area (TPSA) is 121 Å². The Morgan fingerprint density at radius 1 is 1.33 bits per heavy atom. The lowest BCUT2D eigenvalue weighted by molar-refractivity contribution is -0.130. The quantitative estimate of drug-likeness (QED) is 0.646. The van der Waals surface area contributed by atoms with Crippen LogP contribution < -0.4 is 15.4 Å². The van der Waals surface area contributed by atoms with Crippen molar-refractivity contribution in [3.63, 3.8) is 0 Å². The highest BCUT2D eigenvalue weighted by Crippen LogP contribution is 2.25. The number of pyridine rings is 1. The molecule has 4 heterocycles. The van der Waals surface area contributed by atoms with E-state index >= 15 is 0 Å². The molecular formula is C19H23FN6O4. The molecule has 2 aromatic rings. The van der Waals surface area contributed by atoms with E-state index in [9.17, 15) is 14.0 Å². The van der Waals surface area contributed by atoms with E-state index in [1.165, 1.54) is 19.2 Å². The zero-order valence-corrected chi connectivity index (χ0v) is 16.5. The van der Waals surface area contributed by atoms with Gasteiger partial charge in [0.25, 0.3) is 5.91 Å². The van der Waals surface area contributed by atoms with Gasteiger partial charge in [0.05, 0.1) is 25.6 Å². The van der Waals surface area contributed by atoms with Crippen molar-refractivity contribution in [2.45, 2.75) is 19.2 Å². The van der Waals surface area contributed by atoms with Crippen LogP contribution in [0.1, 0.15) is 23.3 Å². The molecule has 2 fully saturated rings. The molecule has 30 heavy (non-hydrogen) atoms. The molecule has 2 aliphatic rings. The summed E-state index contributed by atoms with van der Waals surface area (Å²) in [6.45, 7) is 2.16. The number of nitrogens with zero attached hydrogens (tertiary/aromatic N) is 3. The molecule has 0 radical (unpaired) electrons. The molecule has 3 N–H and O–H groups in total. The number of hydrogen-bond donors (Lipinski definition) is 3. The highest BCUT2D eigenvalue weighted by atomic mass is 19.1. The van der Waals surface area contributed by atoms with Gasteiger partial charge in [-0.05, 0) is 18.9 Å². The average Bonchev–Trinajstić information content (AvgIpc) is 3.46. The predicted molar refractivity (Wildman–Crippen MR) is 103 cm³/mol. The second-order valence-electron chi connectivity index (χ2n) is 7.15. The van der Waals surface area contributed by atoms with Crippen LogP contribution in [0.5, 0.6) is 5.88 Å². The smallest absolute Gasteiger partial charge is 0.274 e. The fourth-order valence-corrected chi connectivity index (χ4v) is 3.58. The van der Waals surface area contributed by atoms with Crippen LogP contribution in [0.15, 0.2) is 18.3 Å². The number of carbonyl (C=O) groups is 2. The third kappa shape index (κ3) is 4.26. The van der Waals surface area contributed by atoms with Gasteiger partial charge in [0.1, 0.15) is 0 Å². The number of aromatic amines is 1. The molecule has 11 heteroatoms. The van der Waals surface area contributed by atoms with E-state index in [1.54, 1.807) is 4.90 Å². The Balaban J connectivity index is 1.36. The molecule has 0 spiro atoms. The standard InChI is InChI=1S/C19H23FN6O4/c1-29-16-8-12(13(20)10-22-16)14-9-15(25-24-14)18(28)26-5-2-11(3-6-26)17(27)23-19-21-4-7-30-19/h8-11,19,21H,2-7H2,1H3,(H,23,27)(H,24,25). The van der Waals surface area contributed by atoms with Gasteiger partial charge in [-0.15, -0.1) is 0 Å². The average molecular weight is 418 g/mol. The fourth-order valence-electron chi connectivity index (χ4n) is 3.58. The molecule has 1 atom stereocenters. The molecule has 2 aliphatic heterocycles. The van der Waals surface area contributed by atoms with Crippen molar-refractivity contribution in [1.82, 2.24) is 30.7 Å². The Morgan fingerprint density at radius 3 is 2.83 bits per heavy atom. The highest BCUT2D eigenvalue weighted by Gasteiger charge is 2.30. The lowest BCUT2D eigenvalue weighted by Crippen LogP contribution is -2.48. The Bertz CT molecular complexity index is 921. The summed E-state index contributed by atoms with van der Waals surface area (Å²) in [5.41, 5.74) is 0.757. The first-order chi connectivity index (χ1) is 14.5. The van der Waals surface area contributed by atoms with E-state index in [0.29, 0.717) is 44.8 Å². The molecule has 1 unspecified atom stereocenters. The van der Waals surface area contributed by atoms with Crippen molar-refractivity contribution >= 4 is 11.8 Å². The molecule has 0 aliphatic carbocycles. The maximum atomic E-state index is 14.1. The van der Waals surface area contributed by atoms with E-state index in [0.717, 1.165) is 6.20 Å². The molecule has 0 aromatic carbocycles. The summed E-state index contributed by atoms with van der Waals surface area (Å²) < 4.78 is 24.5. The van der Waals surface area contributed by atoms with Gasteiger partial charge < -0.3 is 19.7 Å². The Morgan fingerprint density at radius 2 is 2.13 bits per heavy atom. The number of ether oxygens (including phenoxy) is 2. The monoisotopic (exact) mass is 418 g/mol. The molecule has 2 saturated heterocycles. The van der Waals surface area contributed by atoms with Gasteiger partial charge in [-0.1, -0.05) is 0 Å². The van der Waals surface area contributed by atoms with Crippen molar-refractivity contribution in [2.24, 2.45) is 5.92 Å². The third-order valence-electron chi connectivity index (χ3n) is 5.27. The van der Waals surface area contributed by atoms with E-state index in [1.807, 2.05) is 0 Å². The van der Waals surface area contributed by atoms with Gasteiger partial charge in [0.15, 0.2) is 17.9 Å². The first-order valence-electron chi connectivity index (χ1n) is 9.75. The summed E-state index contributed by atoms with van der Waals surface area (Å²) in [5.74, 6) is -0.809. The van der Waals surface area contributed by atoms with Crippen LogP contribution in [0.25, 0.3) is 11.3 Å². The number of piperidine rings is 1. The van der Waals surface area contributed by atoms with Gasteiger partial charge >= 0.3 is 0 Å². The third-order valence-corrected chi connectivity index (χ3v) is 5.27. The molecule has 0 bridgehead atoms. The second kappa shape index (κ2) is 8.76. The highest BCUT2D eigenvalue weighted by molar-refractivity contribution is 5.93. The number of rotatable bonds is 5. The van der Waals surface area contributed by atoms with Gasteiger partial charge in [0, 0.05) is 37.2 Å². The number of nitrogens with one attached hydrogen (secondary N) is 3. The predicted octanol–water partition coefficient (Wildman–Crippen LogP) is 0.491. The zero-order valence-electron chi connectivity index (χ0n) is 16.5. The number of hydrogen-bond acceptors (Lipinski definition) is 7. The molecule has 0 saturated carbocycles. The summed E-state index contributed by atoms with van der Waals surface area (Å²) >= 11 is 0. The lowest BCUT2D eigenvalue weighted by atomic mass is 9.95. The second-order valence-corrected chi connectivity index (χ2v) is 7.15. The summed E-state index contributed by atoms with van der Waals surface area (Å²) in [7, 11) is 1.44. The minimum absolute atomic E-state index is 0.0781. The van der Waals surface area contributed by atoms with Crippen LogP contribution in [0.3, 0.4) is 0 Å². The number of methoxy groups -OCH3 is 1. The number of halogens is 1. The van der Waals surface area contributed by atoms with Crippen LogP contribution in [0.4, 0.5) is 4.39 Å². The van der Waals surface area contributed by atoms with Crippen LogP contribution in [0, 0.1) is 11.7 Å². The van der Waals surface area contributed by atoms with Crippen LogP contribution >= 0.6 is 0 Å². The van der Waals surface area contributed by atoms with Crippen molar-refractivity contribution in [2.75, 3.05) is 33.4 Å². The number of carbonyl (C=O) groups excluding carboxylic acids is 2. The molecule has 4 rings (SSSR count). The largest absolute Gasteiger partial charge is 0.481 e. The lowest BCUT2D eigenvalue weighted by Gasteiger charge is -2.31. The normalized spacial score (nSPS) is 19.7. The number of H-pyrrole nitrogens is 1. The molecule has 160 valence electrons. The van der Waals surface area contributed by atoms with Gasteiger partial charge in [-0.2, -0.15) is 5.10 Å². The summed E-state index contributed by atoms with van der Waals surface area (Å²) in [4.78, 5) is 30.6. The van der Waals surface area contributed by atoms with Crippen LogP contribution in [0.2, 0.25) is 0 Å². The Kier molecular flexibility index (Phi) is 5.91. The molecule has 2 aromatic heterocycles. The van der Waals surface area contributed by atoms with Crippen molar-refractivity contribution in [3.8, 4) is 17.1 Å². The summed E-state index contributed by atoms with van der Waals surface area (Å²) in [5, 5.41) is 12.6. The van der Waals surface area contributed by atoms with Gasteiger partial charge in [0.2, 0.25) is 11.8 Å². The summed E-state index contributed by atoms with van der Waals surface area (Å²) in [6.07, 6.45) is 1.72. The van der Waals surface area contributed by atoms with Crippen LogP contribution in [-0.2, 0) is 9.53 Å². The van der Waals surface area contributed by atoms with Crippen molar-refractivity contribution in [3.05, 3.63) is 29.8 Å². The van der Waals surface area contributed by atoms with Gasteiger partial charge in [-0.25, -0.2) is 9.37 Å². The number of likely N-dealkylation sites (tertiary alicyclic amines) is 1. The molecular weight excluding hydrogens is 395 g/mol. The Labute approximate surface area is 172 Å². The SMILES string of the molecule is COc1cc(-c2cc(C(=O)N3CCC(C(=O)NC4NCCO4)CC3)n[nH]2)c(F)cn1. The first-order valence-corrected chi connectivity index (χ1v) is 9.75. The van der Waals surface area contributed by atoms with E-state index in [2.05, 4.69) is 25.8 Å². The molecule has 10 nitrogen and oxygen atoms in total. The number of amides is 2. The minimum Gasteiger partial charge on any atom is -0.481 e. The van der Waals surface area contributed by atoms with Crippen molar-refractivity contribution < 1.29 is 23.5 Å². The van der Waals surface area contributed by atoms with E-state index < -0.39 is 12.2 Å². The van der Waals surface area contributed by atoms with Crippen LogP contribution in [-0.4, -0.2) is 71.6 Å². The number of aromatic nitrogens is 3. The van der Waals surface area contributed by atoms with E-state index in [4.69, 9.17) is 9.47 Å². The zero-order chi connectivity index (χ0) is 21.1. The first kappa shape index (κ1) is 20.2.